The van der Waals surface area contributed by atoms with Crippen molar-refractivity contribution in [3.8, 4) is 5.75 Å². The maximum absolute atomic E-state index is 14.5. The number of hydrogen-bond acceptors (Lipinski definition) is 7. The van der Waals surface area contributed by atoms with E-state index in [0.717, 1.165) is 13.1 Å². The molecule has 1 N–H and O–H groups in total. The van der Waals surface area contributed by atoms with Crippen LogP contribution in [0, 0.1) is 5.82 Å². The standard InChI is InChI=1S/C24H23ClFN5O3/c25-16-3-1-4-18(22(16)26)29-24-21-17(27-15-28-24)6-7-19-23(21)34-14-11-31(19)20(32)5-2-8-30-9-12-33-13-10-30/h1-7,15H,8-14H2,(H,27,28,29)/b5-2+. The third-order valence-electron chi connectivity index (χ3n) is 5.79. The van der Waals surface area contributed by atoms with E-state index in [1.807, 2.05) is 6.08 Å². The number of fused-ring (bicyclic) bond motifs is 3. The van der Waals surface area contributed by atoms with Crippen LogP contribution in [-0.2, 0) is 9.53 Å². The Hall–Kier alpha value is -3.27. The molecule has 5 rings (SSSR count). The van der Waals surface area contributed by atoms with E-state index in [2.05, 4.69) is 20.2 Å². The number of nitrogens with zero attached hydrogens (tertiary/aromatic N) is 4. The molecule has 176 valence electrons. The molecule has 2 aliphatic heterocycles. The van der Waals surface area contributed by atoms with Crippen LogP contribution < -0.4 is 15.0 Å². The van der Waals surface area contributed by atoms with Crippen LogP contribution in [0.5, 0.6) is 5.75 Å². The summed E-state index contributed by atoms with van der Waals surface area (Å²) in [5, 5.41) is 3.56. The Balaban J connectivity index is 1.44. The van der Waals surface area contributed by atoms with Crippen LogP contribution in [0.15, 0.2) is 48.8 Å². The molecule has 34 heavy (non-hydrogen) atoms. The third kappa shape index (κ3) is 4.54. The zero-order valence-electron chi connectivity index (χ0n) is 18.3. The maximum Gasteiger partial charge on any atom is 0.250 e. The molecule has 1 aromatic heterocycles. The summed E-state index contributed by atoms with van der Waals surface area (Å²) in [5.74, 6) is 0.123. The van der Waals surface area contributed by atoms with Crippen molar-refractivity contribution in [2.24, 2.45) is 0 Å². The Labute approximate surface area is 200 Å². The summed E-state index contributed by atoms with van der Waals surface area (Å²) >= 11 is 5.93. The van der Waals surface area contributed by atoms with Gasteiger partial charge in [-0.25, -0.2) is 14.4 Å². The Bertz CT molecular complexity index is 1250. The van der Waals surface area contributed by atoms with E-state index in [1.165, 1.54) is 12.4 Å². The van der Waals surface area contributed by atoms with E-state index < -0.39 is 5.82 Å². The number of carbonyl (C=O) groups is 1. The number of hydrogen-bond donors (Lipinski definition) is 1. The lowest BCUT2D eigenvalue weighted by Crippen LogP contribution is -2.38. The van der Waals surface area contributed by atoms with Gasteiger partial charge in [-0.15, -0.1) is 0 Å². The molecule has 0 atom stereocenters. The number of carbonyl (C=O) groups excluding carboxylic acids is 1. The van der Waals surface area contributed by atoms with Gasteiger partial charge in [0.1, 0.15) is 18.8 Å². The monoisotopic (exact) mass is 483 g/mol. The maximum atomic E-state index is 14.5. The van der Waals surface area contributed by atoms with E-state index in [9.17, 15) is 9.18 Å². The first-order chi connectivity index (χ1) is 16.6. The molecule has 0 spiro atoms. The Morgan fingerprint density at radius 3 is 2.85 bits per heavy atom. The first-order valence-corrected chi connectivity index (χ1v) is 11.4. The number of amides is 1. The van der Waals surface area contributed by atoms with E-state index in [0.29, 0.717) is 61.1 Å². The number of ether oxygens (including phenoxy) is 2. The van der Waals surface area contributed by atoms with Crippen molar-refractivity contribution in [3.63, 3.8) is 0 Å². The molecule has 0 radical (unpaired) electrons. The lowest BCUT2D eigenvalue weighted by molar-refractivity contribution is -0.114. The Kier molecular flexibility index (Phi) is 6.57. The predicted octanol–water partition coefficient (Wildman–Crippen LogP) is 3.78. The Morgan fingerprint density at radius 2 is 2.00 bits per heavy atom. The smallest absolute Gasteiger partial charge is 0.250 e. The van der Waals surface area contributed by atoms with Crippen LogP contribution in [0.2, 0.25) is 5.02 Å². The van der Waals surface area contributed by atoms with Crippen LogP contribution >= 0.6 is 11.6 Å². The molecule has 3 aromatic rings. The second-order valence-electron chi connectivity index (χ2n) is 7.91. The molecule has 1 saturated heterocycles. The second kappa shape index (κ2) is 9.92. The molecule has 0 bridgehead atoms. The van der Waals surface area contributed by atoms with Crippen molar-refractivity contribution in [1.82, 2.24) is 14.9 Å². The minimum atomic E-state index is -0.580. The second-order valence-corrected chi connectivity index (χ2v) is 8.32. The normalized spacial score (nSPS) is 16.5. The van der Waals surface area contributed by atoms with Crippen LogP contribution in [0.3, 0.4) is 0 Å². The number of morpholine rings is 1. The van der Waals surface area contributed by atoms with Crippen molar-refractivity contribution >= 4 is 45.6 Å². The van der Waals surface area contributed by atoms with E-state index >= 15 is 0 Å². The summed E-state index contributed by atoms with van der Waals surface area (Å²) in [6.45, 7) is 4.55. The highest BCUT2D eigenvalue weighted by Crippen LogP contribution is 2.41. The minimum absolute atomic E-state index is 0.00211. The number of nitrogens with one attached hydrogen (secondary N) is 1. The first kappa shape index (κ1) is 22.5. The lowest BCUT2D eigenvalue weighted by Gasteiger charge is -2.30. The van der Waals surface area contributed by atoms with Crippen LogP contribution in [0.4, 0.5) is 21.6 Å². The fourth-order valence-electron chi connectivity index (χ4n) is 4.06. The predicted molar refractivity (Wildman–Crippen MR) is 128 cm³/mol. The highest BCUT2D eigenvalue weighted by Gasteiger charge is 2.26. The summed E-state index contributed by atoms with van der Waals surface area (Å²) in [7, 11) is 0. The summed E-state index contributed by atoms with van der Waals surface area (Å²) in [5.41, 5.74) is 1.40. The summed E-state index contributed by atoms with van der Waals surface area (Å²) in [6, 6.07) is 8.29. The van der Waals surface area contributed by atoms with E-state index in [1.54, 1.807) is 35.2 Å². The first-order valence-electron chi connectivity index (χ1n) is 11.0. The van der Waals surface area contributed by atoms with Gasteiger partial charge in [-0.05, 0) is 24.3 Å². The van der Waals surface area contributed by atoms with E-state index in [4.69, 9.17) is 21.1 Å². The van der Waals surface area contributed by atoms with Gasteiger partial charge in [0.15, 0.2) is 11.6 Å². The number of rotatable bonds is 5. The van der Waals surface area contributed by atoms with Crippen LogP contribution in [0.1, 0.15) is 0 Å². The SMILES string of the molecule is O=C(/C=C/CN1CCOCC1)N1CCOc2c1ccc1ncnc(Nc3cccc(Cl)c3F)c21. The zero-order chi connectivity index (χ0) is 23.5. The molecule has 0 saturated carbocycles. The third-order valence-corrected chi connectivity index (χ3v) is 6.08. The van der Waals surface area contributed by atoms with Gasteiger partial charge in [0.25, 0.3) is 5.91 Å². The molecular weight excluding hydrogens is 461 g/mol. The number of aromatic nitrogens is 2. The summed E-state index contributed by atoms with van der Waals surface area (Å²) in [4.78, 5) is 25.6. The fourth-order valence-corrected chi connectivity index (χ4v) is 4.23. The van der Waals surface area contributed by atoms with Crippen molar-refractivity contribution in [2.45, 2.75) is 0 Å². The highest BCUT2D eigenvalue weighted by molar-refractivity contribution is 6.31. The molecule has 1 amide bonds. The largest absolute Gasteiger partial charge is 0.489 e. The number of halogens is 2. The van der Waals surface area contributed by atoms with Crippen molar-refractivity contribution in [2.75, 3.05) is 56.2 Å². The molecule has 2 aliphatic rings. The van der Waals surface area contributed by atoms with Gasteiger partial charge in [0.2, 0.25) is 0 Å². The summed E-state index contributed by atoms with van der Waals surface area (Å²) in [6.07, 6.45) is 4.86. The quantitative estimate of drug-likeness (QED) is 0.553. The van der Waals surface area contributed by atoms with Crippen molar-refractivity contribution < 1.29 is 18.7 Å². The Morgan fingerprint density at radius 1 is 1.15 bits per heavy atom. The molecule has 10 heteroatoms. The van der Waals surface area contributed by atoms with Crippen molar-refractivity contribution in [1.29, 1.82) is 0 Å². The van der Waals surface area contributed by atoms with Crippen LogP contribution in [-0.4, -0.2) is 66.8 Å². The molecule has 3 heterocycles. The van der Waals surface area contributed by atoms with Crippen molar-refractivity contribution in [3.05, 3.63) is 59.7 Å². The van der Waals surface area contributed by atoms with Gasteiger partial charge in [0, 0.05) is 25.7 Å². The molecular formula is C24H23ClFN5O3. The van der Waals surface area contributed by atoms with Gasteiger partial charge in [-0.1, -0.05) is 23.7 Å². The minimum Gasteiger partial charge on any atom is -0.489 e. The highest BCUT2D eigenvalue weighted by atomic mass is 35.5. The topological polar surface area (TPSA) is 79.8 Å². The van der Waals surface area contributed by atoms with Gasteiger partial charge >= 0.3 is 0 Å². The summed E-state index contributed by atoms with van der Waals surface area (Å²) < 4.78 is 25.8. The number of benzene rings is 2. The molecule has 0 unspecified atom stereocenters. The van der Waals surface area contributed by atoms with Gasteiger partial charge in [0.05, 0.1) is 47.1 Å². The number of anilines is 3. The molecule has 0 aliphatic carbocycles. The fraction of sp³-hybridized carbons (Fsp3) is 0.292. The van der Waals surface area contributed by atoms with E-state index in [-0.39, 0.29) is 16.6 Å². The van der Waals surface area contributed by atoms with Gasteiger partial charge in [-0.2, -0.15) is 0 Å². The van der Waals surface area contributed by atoms with Gasteiger partial charge in [-0.3, -0.25) is 9.69 Å². The van der Waals surface area contributed by atoms with Crippen LogP contribution in [0.25, 0.3) is 10.9 Å². The lowest BCUT2D eigenvalue weighted by atomic mass is 10.1. The average molecular weight is 484 g/mol. The molecule has 2 aromatic carbocycles. The molecule has 8 nitrogen and oxygen atoms in total. The average Bonchev–Trinajstić information content (AvgIpc) is 2.87. The molecule has 1 fully saturated rings. The van der Waals surface area contributed by atoms with Gasteiger partial charge < -0.3 is 19.7 Å². The zero-order valence-corrected chi connectivity index (χ0v) is 19.1.